The molecule has 6 nitrogen and oxygen atoms in total. The number of aromatic nitrogens is 1. The van der Waals surface area contributed by atoms with E-state index in [1.165, 1.54) is 31.4 Å². The van der Waals surface area contributed by atoms with Crippen LogP contribution in [0.15, 0.2) is 114 Å². The van der Waals surface area contributed by atoms with Gasteiger partial charge in [-0.1, -0.05) is 72.3 Å². The Bertz CT molecular complexity index is 2350. The Morgan fingerprint density at radius 2 is 1.61 bits per heavy atom. The zero-order valence-electron chi connectivity index (χ0n) is 25.9. The number of fused-ring (bicyclic) bond motifs is 1. The summed E-state index contributed by atoms with van der Waals surface area (Å²) in [5, 5.41) is 0.617. The molecule has 7 rings (SSSR count). The van der Waals surface area contributed by atoms with Gasteiger partial charge in [0.2, 0.25) is 0 Å². The number of alkyl halides is 2. The lowest BCUT2D eigenvalue weighted by Crippen LogP contribution is -2.25. The quantitative estimate of drug-likeness (QED) is 0.148. The highest BCUT2D eigenvalue weighted by atomic mass is 35.5. The van der Waals surface area contributed by atoms with E-state index in [9.17, 15) is 22.0 Å². The lowest BCUT2D eigenvalue weighted by atomic mass is 9.87. The molecule has 0 radical (unpaired) electrons. The van der Waals surface area contributed by atoms with Crippen LogP contribution in [0.25, 0.3) is 44.4 Å². The number of carbonyl (C=O) groups is 1. The molecule has 0 bridgehead atoms. The SMILES string of the molecule is COC(=O)c1ccc(-c2cccc(-c3c(-c4ccccc4C4COC4)c4cc(F)ccc4n3S(=O)(=O)c3ccc(C(F)F)cc3)c2)c(Cl)c1. The summed E-state index contributed by atoms with van der Waals surface area (Å²) >= 11 is 6.65. The van der Waals surface area contributed by atoms with E-state index in [2.05, 4.69) is 0 Å². The zero-order chi connectivity index (χ0) is 34.4. The predicted molar refractivity (Wildman–Crippen MR) is 182 cm³/mol. The molecule has 1 aliphatic rings. The number of hydrogen-bond acceptors (Lipinski definition) is 5. The van der Waals surface area contributed by atoms with Crippen molar-refractivity contribution in [3.05, 3.63) is 137 Å². The highest BCUT2D eigenvalue weighted by Gasteiger charge is 2.32. The first-order valence-corrected chi connectivity index (χ1v) is 17.0. The van der Waals surface area contributed by atoms with Crippen molar-refractivity contribution in [2.24, 2.45) is 0 Å². The minimum atomic E-state index is -4.47. The van der Waals surface area contributed by atoms with Gasteiger partial charge in [-0.3, -0.25) is 0 Å². The van der Waals surface area contributed by atoms with Gasteiger partial charge in [0.1, 0.15) is 5.82 Å². The Labute approximate surface area is 285 Å². The summed E-state index contributed by atoms with van der Waals surface area (Å²) < 4.78 is 82.8. The van der Waals surface area contributed by atoms with Crippen LogP contribution in [0.4, 0.5) is 13.2 Å². The van der Waals surface area contributed by atoms with Crippen LogP contribution in [0.2, 0.25) is 5.02 Å². The number of esters is 1. The number of methoxy groups -OCH3 is 1. The van der Waals surface area contributed by atoms with E-state index < -0.39 is 28.2 Å². The summed E-state index contributed by atoms with van der Waals surface area (Å²) in [6, 6.07) is 27.7. The Hall–Kier alpha value is -4.90. The number of halogens is 4. The van der Waals surface area contributed by atoms with Gasteiger partial charge in [-0.15, -0.1) is 0 Å². The van der Waals surface area contributed by atoms with Crippen molar-refractivity contribution in [2.75, 3.05) is 20.3 Å². The maximum atomic E-state index is 15.1. The van der Waals surface area contributed by atoms with Gasteiger partial charge in [-0.25, -0.2) is 30.4 Å². The van der Waals surface area contributed by atoms with Crippen LogP contribution < -0.4 is 0 Å². The smallest absolute Gasteiger partial charge is 0.337 e. The molecule has 0 amide bonds. The zero-order valence-corrected chi connectivity index (χ0v) is 27.4. The van der Waals surface area contributed by atoms with Gasteiger partial charge in [0.15, 0.2) is 0 Å². The van der Waals surface area contributed by atoms with Crippen molar-refractivity contribution >= 4 is 38.5 Å². The summed E-state index contributed by atoms with van der Waals surface area (Å²) in [5.74, 6) is -1.08. The lowest BCUT2D eigenvalue weighted by Gasteiger charge is -2.28. The Morgan fingerprint density at radius 1 is 0.878 bits per heavy atom. The summed E-state index contributed by atoms with van der Waals surface area (Å²) in [5.41, 5.74) is 4.14. The standard InChI is InChI=1S/C38H27ClF3NO5S/c1-47-38(44)25-11-15-30(33(39)18-25)23-5-4-6-24(17-23)36-35(31-8-3-2-7-29(31)26-20-48-21-26)32-19-27(40)12-16-34(32)43(36)49(45,46)28-13-9-22(10-14-28)37(41)42/h2-19,26,37H,20-21H2,1H3. The molecule has 248 valence electrons. The average molecular weight is 702 g/mol. The van der Waals surface area contributed by atoms with Crippen molar-refractivity contribution in [1.29, 1.82) is 0 Å². The average Bonchev–Trinajstić information content (AvgIpc) is 3.42. The molecule has 1 aromatic heterocycles. The fourth-order valence-corrected chi connectivity index (χ4v) is 8.07. The van der Waals surface area contributed by atoms with Gasteiger partial charge in [-0.05, 0) is 65.2 Å². The highest BCUT2D eigenvalue weighted by molar-refractivity contribution is 7.90. The maximum Gasteiger partial charge on any atom is 0.337 e. The molecule has 0 aliphatic carbocycles. The first-order chi connectivity index (χ1) is 23.6. The third-order valence-electron chi connectivity index (χ3n) is 8.70. The fraction of sp³-hybridized carbons (Fsp3) is 0.132. The number of rotatable bonds is 8. The van der Waals surface area contributed by atoms with E-state index in [0.29, 0.717) is 46.4 Å². The maximum absolute atomic E-state index is 15.1. The van der Waals surface area contributed by atoms with Crippen LogP contribution in [0, 0.1) is 5.82 Å². The molecule has 0 unspecified atom stereocenters. The normalized spacial score (nSPS) is 13.5. The van der Waals surface area contributed by atoms with E-state index in [4.69, 9.17) is 21.1 Å². The van der Waals surface area contributed by atoms with Crippen molar-refractivity contribution in [3.8, 4) is 33.5 Å². The molecule has 6 aromatic rings. The van der Waals surface area contributed by atoms with Crippen molar-refractivity contribution in [2.45, 2.75) is 17.2 Å². The molecule has 1 aliphatic heterocycles. The molecule has 0 N–H and O–H groups in total. The van der Waals surface area contributed by atoms with E-state index in [1.807, 2.05) is 24.3 Å². The largest absolute Gasteiger partial charge is 0.465 e. The minimum absolute atomic E-state index is 0.0352. The van der Waals surface area contributed by atoms with Crippen molar-refractivity contribution in [3.63, 3.8) is 0 Å². The van der Waals surface area contributed by atoms with Crippen LogP contribution in [-0.4, -0.2) is 38.7 Å². The molecule has 1 fully saturated rings. The summed E-state index contributed by atoms with van der Waals surface area (Å²) in [6.07, 6.45) is -2.78. The van der Waals surface area contributed by atoms with Gasteiger partial charge < -0.3 is 9.47 Å². The summed E-state index contributed by atoms with van der Waals surface area (Å²) in [6.45, 7) is 0.952. The molecule has 0 spiro atoms. The van der Waals surface area contributed by atoms with E-state index in [-0.39, 0.29) is 38.2 Å². The molecule has 11 heteroatoms. The van der Waals surface area contributed by atoms with Crippen molar-refractivity contribution in [1.82, 2.24) is 3.97 Å². The monoisotopic (exact) mass is 701 g/mol. The first-order valence-electron chi connectivity index (χ1n) is 15.2. The van der Waals surface area contributed by atoms with E-state index in [1.54, 1.807) is 36.4 Å². The summed E-state index contributed by atoms with van der Waals surface area (Å²) in [4.78, 5) is 11.9. The third kappa shape index (κ3) is 5.79. The molecular weight excluding hydrogens is 675 g/mol. The second-order valence-electron chi connectivity index (χ2n) is 11.6. The van der Waals surface area contributed by atoms with Gasteiger partial charge in [-0.2, -0.15) is 0 Å². The third-order valence-corrected chi connectivity index (χ3v) is 10.7. The van der Waals surface area contributed by atoms with Gasteiger partial charge >= 0.3 is 5.97 Å². The fourth-order valence-electron chi connectivity index (χ4n) is 6.23. The number of benzene rings is 5. The molecule has 5 aromatic carbocycles. The van der Waals surface area contributed by atoms with Crippen LogP contribution in [-0.2, 0) is 19.5 Å². The first kappa shape index (κ1) is 32.6. The Morgan fingerprint density at radius 3 is 2.29 bits per heavy atom. The van der Waals surface area contributed by atoms with E-state index in [0.717, 1.165) is 33.8 Å². The number of nitrogens with zero attached hydrogens (tertiary/aromatic N) is 1. The predicted octanol–water partition coefficient (Wildman–Crippen LogP) is 9.51. The summed E-state index contributed by atoms with van der Waals surface area (Å²) in [7, 11) is -3.20. The molecule has 49 heavy (non-hydrogen) atoms. The van der Waals surface area contributed by atoms with Gasteiger partial charge in [0.25, 0.3) is 16.4 Å². The Kier molecular flexibility index (Phi) is 8.56. The minimum Gasteiger partial charge on any atom is -0.465 e. The van der Waals surface area contributed by atoms with Crippen LogP contribution >= 0.6 is 11.6 Å². The molecule has 1 saturated heterocycles. The van der Waals surface area contributed by atoms with Gasteiger partial charge in [0.05, 0.1) is 42.0 Å². The molecule has 0 saturated carbocycles. The van der Waals surface area contributed by atoms with Crippen LogP contribution in [0.1, 0.15) is 33.8 Å². The number of carbonyl (C=O) groups excluding carboxylic acids is 1. The Balaban J connectivity index is 1.54. The van der Waals surface area contributed by atoms with Crippen LogP contribution in [0.3, 0.4) is 0 Å². The van der Waals surface area contributed by atoms with Gasteiger partial charge in [0, 0.05) is 38.6 Å². The number of hydrogen-bond donors (Lipinski definition) is 0. The van der Waals surface area contributed by atoms with Crippen molar-refractivity contribution < 1.29 is 35.9 Å². The lowest BCUT2D eigenvalue weighted by molar-refractivity contribution is 0.00864. The topological polar surface area (TPSA) is 74.6 Å². The molecule has 2 heterocycles. The highest BCUT2D eigenvalue weighted by Crippen LogP contribution is 2.47. The second-order valence-corrected chi connectivity index (χ2v) is 13.8. The number of ether oxygens (including phenoxy) is 2. The molecular formula is C38H27ClF3NO5S. The van der Waals surface area contributed by atoms with E-state index >= 15 is 4.39 Å². The molecule has 0 atom stereocenters. The second kappa shape index (κ2) is 12.9. The van der Waals surface area contributed by atoms with Crippen LogP contribution in [0.5, 0.6) is 0 Å².